The Balaban J connectivity index is 1.85. The maximum absolute atomic E-state index is 10.5. The van der Waals surface area contributed by atoms with Crippen molar-refractivity contribution in [2.45, 2.75) is 19.0 Å². The van der Waals surface area contributed by atoms with E-state index < -0.39 is 6.09 Å². The summed E-state index contributed by atoms with van der Waals surface area (Å²) >= 11 is 5.82. The molecule has 1 fully saturated rings. The normalized spacial score (nSPS) is 20.4. The molecule has 1 unspecified atom stereocenters. The van der Waals surface area contributed by atoms with Crippen molar-refractivity contribution in [3.8, 4) is 0 Å². The fraction of sp³-hybridized carbons (Fsp3) is 0.417. The lowest BCUT2D eigenvalue weighted by Crippen LogP contribution is -2.35. The predicted molar refractivity (Wildman–Crippen MR) is 66.3 cm³/mol. The molecule has 1 aromatic rings. The van der Waals surface area contributed by atoms with Crippen LogP contribution in [0.2, 0.25) is 5.02 Å². The molecular formula is C12H15ClN2O2. The summed E-state index contributed by atoms with van der Waals surface area (Å²) in [5.41, 5.74) is 1.20. The minimum Gasteiger partial charge on any atom is -0.465 e. The number of hydrogen-bond acceptors (Lipinski definition) is 2. The molecule has 2 N–H and O–H groups in total. The van der Waals surface area contributed by atoms with E-state index in [1.807, 2.05) is 24.3 Å². The van der Waals surface area contributed by atoms with Crippen molar-refractivity contribution in [1.29, 1.82) is 0 Å². The first-order valence-corrected chi connectivity index (χ1v) is 5.97. The molecule has 4 nitrogen and oxygen atoms in total. The summed E-state index contributed by atoms with van der Waals surface area (Å²) in [5, 5.41) is 11.9. The Morgan fingerprint density at radius 1 is 1.47 bits per heavy atom. The van der Waals surface area contributed by atoms with Crippen LogP contribution in [0.5, 0.6) is 0 Å². The molecule has 0 radical (unpaired) electrons. The Morgan fingerprint density at radius 2 is 2.18 bits per heavy atom. The average Bonchev–Trinajstić information content (AvgIpc) is 2.68. The van der Waals surface area contributed by atoms with Crippen LogP contribution in [-0.4, -0.2) is 35.2 Å². The highest BCUT2D eigenvalue weighted by Gasteiger charge is 2.23. The van der Waals surface area contributed by atoms with Crippen LogP contribution < -0.4 is 5.32 Å². The second-order valence-electron chi connectivity index (χ2n) is 4.30. The van der Waals surface area contributed by atoms with Gasteiger partial charge in [-0.3, -0.25) is 4.90 Å². The number of rotatable bonds is 3. The van der Waals surface area contributed by atoms with Crippen LogP contribution in [0.15, 0.2) is 24.3 Å². The quantitative estimate of drug-likeness (QED) is 0.869. The van der Waals surface area contributed by atoms with Gasteiger partial charge in [-0.25, -0.2) is 4.79 Å². The molecule has 1 heterocycles. The van der Waals surface area contributed by atoms with E-state index in [2.05, 4.69) is 10.2 Å². The van der Waals surface area contributed by atoms with Gasteiger partial charge in [-0.05, 0) is 24.1 Å². The van der Waals surface area contributed by atoms with Gasteiger partial charge in [-0.1, -0.05) is 23.7 Å². The molecule has 92 valence electrons. The number of benzene rings is 1. The van der Waals surface area contributed by atoms with E-state index in [0.717, 1.165) is 31.1 Å². The van der Waals surface area contributed by atoms with Crippen molar-refractivity contribution in [2.24, 2.45) is 0 Å². The summed E-state index contributed by atoms with van der Waals surface area (Å²) in [6.45, 7) is 2.54. The van der Waals surface area contributed by atoms with E-state index in [9.17, 15) is 4.79 Å². The third-order valence-corrected chi connectivity index (χ3v) is 3.17. The van der Waals surface area contributed by atoms with Crippen LogP contribution in [0.25, 0.3) is 0 Å². The molecule has 1 atom stereocenters. The summed E-state index contributed by atoms with van der Waals surface area (Å²) < 4.78 is 0. The molecule has 1 aromatic carbocycles. The molecule has 0 spiro atoms. The first kappa shape index (κ1) is 12.2. The lowest BCUT2D eigenvalue weighted by Gasteiger charge is -2.16. The zero-order valence-corrected chi connectivity index (χ0v) is 10.2. The van der Waals surface area contributed by atoms with Crippen LogP contribution in [0.4, 0.5) is 4.79 Å². The second-order valence-corrected chi connectivity index (χ2v) is 4.73. The molecule has 1 aliphatic rings. The number of likely N-dealkylation sites (tertiary alicyclic amines) is 1. The minimum atomic E-state index is -0.941. The maximum atomic E-state index is 10.5. The maximum Gasteiger partial charge on any atom is 0.404 e. The molecule has 1 saturated heterocycles. The zero-order chi connectivity index (χ0) is 12.3. The Bertz CT molecular complexity index is 394. The minimum absolute atomic E-state index is 0.0554. The van der Waals surface area contributed by atoms with E-state index >= 15 is 0 Å². The number of carbonyl (C=O) groups is 1. The highest BCUT2D eigenvalue weighted by atomic mass is 35.5. The summed E-state index contributed by atoms with van der Waals surface area (Å²) in [6.07, 6.45) is -0.0665. The third-order valence-electron chi connectivity index (χ3n) is 2.92. The largest absolute Gasteiger partial charge is 0.465 e. The van der Waals surface area contributed by atoms with Crippen molar-refractivity contribution >= 4 is 17.7 Å². The van der Waals surface area contributed by atoms with Crippen molar-refractivity contribution in [3.63, 3.8) is 0 Å². The topological polar surface area (TPSA) is 52.6 Å². The van der Waals surface area contributed by atoms with Gasteiger partial charge in [0, 0.05) is 30.7 Å². The highest BCUT2D eigenvalue weighted by molar-refractivity contribution is 6.30. The van der Waals surface area contributed by atoms with E-state index in [1.54, 1.807) is 0 Å². The number of amides is 1. The lowest BCUT2D eigenvalue weighted by atomic mass is 10.2. The zero-order valence-electron chi connectivity index (χ0n) is 9.40. The molecule has 1 amide bonds. The summed E-state index contributed by atoms with van der Waals surface area (Å²) in [6, 6.07) is 7.81. The van der Waals surface area contributed by atoms with Crippen molar-refractivity contribution in [1.82, 2.24) is 10.2 Å². The van der Waals surface area contributed by atoms with Crippen LogP contribution in [0.3, 0.4) is 0 Å². The molecule has 1 aliphatic heterocycles. The van der Waals surface area contributed by atoms with Gasteiger partial charge in [0.15, 0.2) is 0 Å². The van der Waals surface area contributed by atoms with Crippen molar-refractivity contribution < 1.29 is 9.90 Å². The first-order chi connectivity index (χ1) is 8.13. The third kappa shape index (κ3) is 3.61. The molecule has 5 heteroatoms. The average molecular weight is 255 g/mol. The Morgan fingerprint density at radius 3 is 2.82 bits per heavy atom. The van der Waals surface area contributed by atoms with Gasteiger partial charge in [0.1, 0.15) is 0 Å². The number of nitrogens with one attached hydrogen (secondary N) is 1. The van der Waals surface area contributed by atoms with Crippen LogP contribution in [0.1, 0.15) is 12.0 Å². The number of hydrogen-bond donors (Lipinski definition) is 2. The summed E-state index contributed by atoms with van der Waals surface area (Å²) in [4.78, 5) is 12.8. The Kier molecular flexibility index (Phi) is 3.86. The number of nitrogens with zero attached hydrogens (tertiary/aromatic N) is 1. The van der Waals surface area contributed by atoms with Gasteiger partial charge >= 0.3 is 6.09 Å². The molecule has 0 aromatic heterocycles. The van der Waals surface area contributed by atoms with Gasteiger partial charge in [-0.15, -0.1) is 0 Å². The molecule has 0 bridgehead atoms. The van der Waals surface area contributed by atoms with E-state index in [0.29, 0.717) is 0 Å². The number of carboxylic acid groups (broad SMARTS) is 1. The van der Waals surface area contributed by atoms with E-state index in [4.69, 9.17) is 16.7 Å². The van der Waals surface area contributed by atoms with E-state index in [1.165, 1.54) is 5.56 Å². The molecule has 0 aliphatic carbocycles. The van der Waals surface area contributed by atoms with Gasteiger partial charge in [0.05, 0.1) is 0 Å². The highest BCUT2D eigenvalue weighted by Crippen LogP contribution is 2.15. The van der Waals surface area contributed by atoms with Crippen molar-refractivity contribution in [2.75, 3.05) is 13.1 Å². The SMILES string of the molecule is O=C(O)NC1CCN(Cc2ccc(Cl)cc2)C1. The van der Waals surface area contributed by atoms with Gasteiger partial charge < -0.3 is 10.4 Å². The predicted octanol–water partition coefficient (Wildman–Crippen LogP) is 2.18. The first-order valence-electron chi connectivity index (χ1n) is 5.60. The second kappa shape index (κ2) is 5.38. The molecule has 2 rings (SSSR count). The fourth-order valence-electron chi connectivity index (χ4n) is 2.12. The monoisotopic (exact) mass is 254 g/mol. The van der Waals surface area contributed by atoms with Crippen molar-refractivity contribution in [3.05, 3.63) is 34.9 Å². The molecule has 0 saturated carbocycles. The van der Waals surface area contributed by atoms with Crippen LogP contribution >= 0.6 is 11.6 Å². The molecular weight excluding hydrogens is 240 g/mol. The smallest absolute Gasteiger partial charge is 0.404 e. The Labute approximate surface area is 105 Å². The van der Waals surface area contributed by atoms with Gasteiger partial charge in [-0.2, -0.15) is 0 Å². The Hall–Kier alpha value is -1.26. The summed E-state index contributed by atoms with van der Waals surface area (Å²) in [7, 11) is 0. The van der Waals surface area contributed by atoms with Crippen LogP contribution in [-0.2, 0) is 6.54 Å². The summed E-state index contributed by atoms with van der Waals surface area (Å²) in [5.74, 6) is 0. The molecule has 17 heavy (non-hydrogen) atoms. The number of halogens is 1. The van der Waals surface area contributed by atoms with Gasteiger partial charge in [0.2, 0.25) is 0 Å². The lowest BCUT2D eigenvalue weighted by molar-refractivity contribution is 0.189. The standard InChI is InChI=1S/C12H15ClN2O2/c13-10-3-1-9(2-4-10)7-15-6-5-11(8-15)14-12(16)17/h1-4,11,14H,5-8H2,(H,16,17). The van der Waals surface area contributed by atoms with Crippen LogP contribution in [0, 0.1) is 0 Å². The van der Waals surface area contributed by atoms with E-state index in [-0.39, 0.29) is 6.04 Å². The fourth-order valence-corrected chi connectivity index (χ4v) is 2.24. The van der Waals surface area contributed by atoms with Gasteiger partial charge in [0.25, 0.3) is 0 Å².